The van der Waals surface area contributed by atoms with Crippen molar-refractivity contribution < 1.29 is 68.4 Å². The smallest absolute Gasteiger partial charge is 0.338 e. The van der Waals surface area contributed by atoms with Crippen molar-refractivity contribution in [2.45, 2.75) is 61.3 Å². The number of esters is 1. The molecule has 4 aromatic rings. The number of aliphatic hydroxyl groups is 5. The molecule has 0 radical (unpaired) electrons. The number of para-hydroxylation sites is 4. The fourth-order valence-electron chi connectivity index (χ4n) is 6.81. The van der Waals surface area contributed by atoms with Crippen molar-refractivity contribution in [3.05, 3.63) is 105 Å². The summed E-state index contributed by atoms with van der Waals surface area (Å²) in [5.74, 6) is -1.19. The van der Waals surface area contributed by atoms with Crippen molar-refractivity contribution in [2.75, 3.05) is 51.3 Å². The lowest BCUT2D eigenvalue weighted by Gasteiger charge is -2.27. The van der Waals surface area contributed by atoms with E-state index < -0.39 is 72.5 Å². The third-order valence-electron chi connectivity index (χ3n) is 10.4. The zero-order chi connectivity index (χ0) is 46.5. The lowest BCUT2D eigenvalue weighted by Crippen LogP contribution is -2.49. The number of ketones is 1. The van der Waals surface area contributed by atoms with Crippen LogP contribution < -0.4 is 25.0 Å². The number of methoxy groups -OCH3 is 2. The van der Waals surface area contributed by atoms with Crippen molar-refractivity contribution in [3.8, 4) is 11.5 Å². The van der Waals surface area contributed by atoms with Crippen LogP contribution in [0.1, 0.15) is 17.5 Å². The van der Waals surface area contributed by atoms with Gasteiger partial charge in [-0.25, -0.2) is 4.79 Å². The molecule has 1 fully saturated rings. The van der Waals surface area contributed by atoms with E-state index in [4.69, 9.17) is 29.4 Å². The van der Waals surface area contributed by atoms with Crippen LogP contribution in [-0.2, 0) is 33.4 Å². The quantitative estimate of drug-likeness (QED) is 0.106. The van der Waals surface area contributed by atoms with E-state index in [1.807, 2.05) is 57.9 Å². The fourth-order valence-corrected chi connectivity index (χ4v) is 8.06. The first-order chi connectivity index (χ1) is 30.7. The molecule has 65 heavy (non-hydrogen) atoms. The van der Waals surface area contributed by atoms with E-state index in [1.54, 1.807) is 61.8 Å². The van der Waals surface area contributed by atoms with Crippen LogP contribution in [0.2, 0.25) is 0 Å². The normalized spacial score (nSPS) is 22.7. The summed E-state index contributed by atoms with van der Waals surface area (Å²) in [6, 6.07) is 17.6. The molecule has 3 aliphatic heterocycles. The number of amides is 2. The average molecular weight is 961 g/mol. The highest BCUT2D eigenvalue weighted by atomic mass is 35.5. The molecule has 3 aliphatic rings. The van der Waals surface area contributed by atoms with Crippen molar-refractivity contribution in [2.24, 2.45) is 11.7 Å². The maximum atomic E-state index is 12.9. The van der Waals surface area contributed by atoms with E-state index in [2.05, 4.69) is 0 Å². The minimum atomic E-state index is -1.69. The van der Waals surface area contributed by atoms with Crippen LogP contribution in [0.3, 0.4) is 0 Å². The molecule has 7 N–H and O–H groups in total. The second kappa shape index (κ2) is 25.0. The molecular weight excluding hydrogens is 906 g/mol. The Balaban J connectivity index is 0.000000235. The van der Waals surface area contributed by atoms with Crippen LogP contribution in [0, 0.1) is 5.92 Å². The Morgan fingerprint density at radius 2 is 1.35 bits per heavy atom. The highest BCUT2D eigenvalue weighted by Crippen LogP contribution is 2.33. The number of likely N-dealkylation sites (N-methyl/N-ethyl adjacent to an activating group) is 1. The molecule has 352 valence electrons. The van der Waals surface area contributed by atoms with Gasteiger partial charge in [-0.2, -0.15) is 22.7 Å². The first-order valence-electron chi connectivity index (χ1n) is 20.0. The van der Waals surface area contributed by atoms with Gasteiger partial charge < -0.3 is 64.8 Å². The third-order valence-corrected chi connectivity index (χ3v) is 11.9. The van der Waals surface area contributed by atoms with Gasteiger partial charge in [0.25, 0.3) is 0 Å². The second-order valence-corrected chi connectivity index (χ2v) is 16.4. The highest BCUT2D eigenvalue weighted by molar-refractivity contribution is 7.08. The first kappa shape index (κ1) is 52.6. The summed E-state index contributed by atoms with van der Waals surface area (Å²) in [6.07, 6.45) is -4.54. The molecule has 0 unspecified atom stereocenters. The molecule has 7 rings (SSSR count). The summed E-state index contributed by atoms with van der Waals surface area (Å²) in [7, 11) is 5.84. The van der Waals surface area contributed by atoms with Gasteiger partial charge in [-0.05, 0) is 69.0 Å². The third kappa shape index (κ3) is 13.5. The van der Waals surface area contributed by atoms with E-state index in [0.29, 0.717) is 17.2 Å². The fraction of sp³-hybridized carbons (Fsp3) is 0.378. The number of benzene rings is 2. The monoisotopic (exact) mass is 959 g/mol. The number of nitrogens with zero attached hydrogens (tertiary/aromatic N) is 2. The van der Waals surface area contributed by atoms with Crippen molar-refractivity contribution in [1.82, 2.24) is 0 Å². The van der Waals surface area contributed by atoms with E-state index in [-0.39, 0.29) is 43.9 Å². The second-order valence-electron chi connectivity index (χ2n) is 14.8. The van der Waals surface area contributed by atoms with Gasteiger partial charge in [-0.3, -0.25) is 14.4 Å². The van der Waals surface area contributed by atoms with Gasteiger partial charge in [0.05, 0.1) is 17.3 Å². The van der Waals surface area contributed by atoms with Crippen molar-refractivity contribution >= 4 is 82.2 Å². The van der Waals surface area contributed by atoms with Crippen molar-refractivity contribution in [1.29, 1.82) is 0 Å². The van der Waals surface area contributed by atoms with E-state index in [9.17, 15) is 44.7 Å². The van der Waals surface area contributed by atoms with E-state index in [1.165, 1.54) is 47.5 Å². The maximum absolute atomic E-state index is 12.9. The summed E-state index contributed by atoms with van der Waals surface area (Å²) in [5.41, 5.74) is 8.79. The Morgan fingerprint density at radius 1 is 0.815 bits per heavy atom. The van der Waals surface area contributed by atoms with Gasteiger partial charge in [0, 0.05) is 34.7 Å². The average Bonchev–Trinajstić information content (AvgIpc) is 4.07. The number of thiophene rings is 2. The molecular formula is C45H54ClN3O14S2. The van der Waals surface area contributed by atoms with Gasteiger partial charge >= 0.3 is 5.97 Å². The number of aliphatic hydroxyl groups excluding tert-OH is 5. The van der Waals surface area contributed by atoms with Crippen LogP contribution in [0.25, 0.3) is 12.2 Å². The van der Waals surface area contributed by atoms with Crippen LogP contribution in [0.4, 0.5) is 11.4 Å². The molecule has 0 saturated carbocycles. The number of carbonyl (C=O) groups excluding carboxylic acids is 4. The Morgan fingerprint density at radius 3 is 1.88 bits per heavy atom. The predicted molar refractivity (Wildman–Crippen MR) is 247 cm³/mol. The first-order valence-corrected chi connectivity index (χ1v) is 21.9. The van der Waals surface area contributed by atoms with Crippen molar-refractivity contribution in [3.63, 3.8) is 0 Å². The van der Waals surface area contributed by atoms with Crippen LogP contribution in [0.5, 0.6) is 11.5 Å². The number of fused-ring (bicyclic) bond motifs is 2. The molecule has 2 aromatic carbocycles. The number of rotatable bonds is 13. The zero-order valence-corrected chi connectivity index (χ0v) is 38.3. The Labute approximate surface area is 390 Å². The zero-order valence-electron chi connectivity index (χ0n) is 35.9. The number of anilines is 2. The molecule has 0 spiro atoms. The minimum Gasteiger partial charge on any atom is -0.491 e. The number of nitrogens with two attached hydrogens (primary N) is 1. The molecule has 0 bridgehead atoms. The van der Waals surface area contributed by atoms with Crippen LogP contribution in [0.15, 0.2) is 94.3 Å². The van der Waals surface area contributed by atoms with E-state index >= 15 is 0 Å². The molecule has 2 amide bonds. The van der Waals surface area contributed by atoms with Gasteiger partial charge in [0.2, 0.25) is 11.8 Å². The van der Waals surface area contributed by atoms with E-state index in [0.717, 1.165) is 16.8 Å². The van der Waals surface area contributed by atoms with Gasteiger partial charge in [0.1, 0.15) is 67.4 Å². The summed E-state index contributed by atoms with van der Waals surface area (Å²) in [6.45, 7) is 0.229. The summed E-state index contributed by atoms with van der Waals surface area (Å²) in [4.78, 5) is 51.7. The van der Waals surface area contributed by atoms with Gasteiger partial charge in [-0.1, -0.05) is 48.6 Å². The maximum Gasteiger partial charge on any atom is 0.338 e. The number of Topliss-reactive ketones (excluding diaryl/α,β-unsaturated/α-hetero) is 1. The molecule has 1 saturated heterocycles. The molecule has 2 aromatic heterocycles. The lowest BCUT2D eigenvalue weighted by molar-refractivity contribution is -0.150. The number of cyclic esters (lactones) is 1. The molecule has 20 heteroatoms. The van der Waals surface area contributed by atoms with Gasteiger partial charge in [0.15, 0.2) is 18.0 Å². The molecule has 0 aliphatic carbocycles. The molecule has 10 atom stereocenters. The summed E-state index contributed by atoms with van der Waals surface area (Å²) >= 11 is 3.02. The Hall–Kier alpha value is -5.03. The largest absolute Gasteiger partial charge is 0.491 e. The van der Waals surface area contributed by atoms with Crippen LogP contribution in [-0.4, -0.2) is 146 Å². The number of halogens is 1. The number of ether oxygens (including phenoxy) is 5. The standard InChI is InChI=1S/C23H27NO7S.C12H14O5S.C10H12N2O2.ClH/c1-24-16-5-3-4-6-19(16)31-12-15(23(24)29)11-18(26)22(30-2)21(28)20(27)17(25)8-7-14-9-10-32-13-14;1-16-11-9(14)10(17-12(11)15)8(13)3-2-7-4-5-18-6-7;1-12-8-4-2-3-5-9(8)14-6-7(11)10(12)13;/h3-10,13,15,17,20-22,25,27-28H,11-12H2,1-2H3;2-6,8-11,13-14H,1H3;2-5,7H,6,11H2,1H3;1H/b8-7+;3-2+;;/t15-,17+,20-,21+,22-;8-,9-,10+,11-;7-;/m010./s1. The minimum absolute atomic E-state index is 0. The van der Waals surface area contributed by atoms with Gasteiger partial charge in [-0.15, -0.1) is 12.4 Å². The SMILES string of the molecule is CN1C(=O)[C@@H](N)COc2ccccc21.CO[C@@H](C(=O)C[C@H]1COc2ccccc2N(C)C1=O)[C@H](O)[C@@H](O)[C@H](O)/C=C/c1ccsc1.CO[C@H]1C(=O)O[C@@H]([C@H](O)/C=C/c2ccsc2)[C@H]1O.Cl. The molecule has 5 heterocycles. The Bertz CT molecular complexity index is 2210. The Kier molecular flexibility index (Phi) is 20.3. The number of hydrogen-bond donors (Lipinski definition) is 6. The predicted octanol–water partition coefficient (Wildman–Crippen LogP) is 2.70. The highest BCUT2D eigenvalue weighted by Gasteiger charge is 2.47. The number of hydrogen-bond acceptors (Lipinski definition) is 17. The number of carbonyl (C=O) groups is 4. The lowest BCUT2D eigenvalue weighted by atomic mass is 9.93. The molecule has 17 nitrogen and oxygen atoms in total. The summed E-state index contributed by atoms with van der Waals surface area (Å²) in [5, 5.41) is 58.3. The summed E-state index contributed by atoms with van der Waals surface area (Å²) < 4.78 is 26.0. The van der Waals surface area contributed by atoms with Crippen LogP contribution >= 0.6 is 35.1 Å². The topological polar surface area (TPSA) is 248 Å².